The van der Waals surface area contributed by atoms with Gasteiger partial charge in [-0.3, -0.25) is 4.79 Å². The summed E-state index contributed by atoms with van der Waals surface area (Å²) in [4.78, 5) is 17.4. The van der Waals surface area contributed by atoms with Gasteiger partial charge in [0.25, 0.3) is 5.91 Å². The molecular weight excluding hydrogens is 356 g/mol. The van der Waals surface area contributed by atoms with Crippen LogP contribution in [0.3, 0.4) is 0 Å². The van der Waals surface area contributed by atoms with Gasteiger partial charge in [-0.15, -0.1) is 0 Å². The summed E-state index contributed by atoms with van der Waals surface area (Å²) in [7, 11) is 2.10. The molecule has 3 rings (SSSR count). The maximum atomic E-state index is 13.2. The molecule has 122 valence electrons. The molecule has 1 aliphatic rings. The predicted molar refractivity (Wildman–Crippen MR) is 93.6 cm³/mol. The molecule has 2 aromatic rings. The number of rotatable bonds is 2. The van der Waals surface area contributed by atoms with E-state index in [0.29, 0.717) is 17.9 Å². The first-order valence-corrected chi connectivity index (χ1v) is 8.58. The van der Waals surface area contributed by atoms with Crippen LogP contribution in [0, 0.1) is 13.8 Å². The first-order chi connectivity index (χ1) is 11.0. The molecule has 1 aliphatic heterocycles. The van der Waals surface area contributed by atoms with Gasteiger partial charge in [0.1, 0.15) is 11.5 Å². The molecule has 1 saturated heterocycles. The molecule has 5 heteroatoms. The molecule has 0 bridgehead atoms. The molecule has 1 amide bonds. The van der Waals surface area contributed by atoms with Gasteiger partial charge in [0.15, 0.2) is 0 Å². The Hall–Kier alpha value is -1.59. The quantitative estimate of drug-likeness (QED) is 0.799. The highest BCUT2D eigenvalue weighted by atomic mass is 79.9. The van der Waals surface area contributed by atoms with Crippen molar-refractivity contribution >= 4 is 21.8 Å². The van der Waals surface area contributed by atoms with Gasteiger partial charge in [0.05, 0.1) is 16.1 Å². The summed E-state index contributed by atoms with van der Waals surface area (Å²) >= 11 is 3.50. The molecule has 1 aromatic heterocycles. The van der Waals surface area contributed by atoms with E-state index in [0.717, 1.165) is 23.3 Å². The van der Waals surface area contributed by atoms with E-state index < -0.39 is 0 Å². The van der Waals surface area contributed by atoms with Crippen molar-refractivity contribution in [3.63, 3.8) is 0 Å². The smallest absolute Gasteiger partial charge is 0.259 e. The number of carbonyl (C=O) groups excluding carboxylic acids is 1. The van der Waals surface area contributed by atoms with Crippen LogP contribution in [0.1, 0.15) is 33.5 Å². The van der Waals surface area contributed by atoms with Crippen molar-refractivity contribution in [1.29, 1.82) is 0 Å². The zero-order valence-electron chi connectivity index (χ0n) is 13.7. The van der Waals surface area contributed by atoms with Gasteiger partial charge >= 0.3 is 0 Å². The topological polar surface area (TPSA) is 36.7 Å². The molecule has 1 fully saturated rings. The van der Waals surface area contributed by atoms with E-state index in [1.54, 1.807) is 0 Å². The minimum Gasteiger partial charge on any atom is -0.465 e. The standard InChI is InChI=1S/C18H21BrN2O2/c1-12-16(17(19)13(2)23-12)18(22)21-10-9-20(3)11-15(21)14-7-5-4-6-8-14/h4-8,15H,9-11H2,1-3H3. The van der Waals surface area contributed by atoms with Gasteiger partial charge < -0.3 is 14.2 Å². The number of aryl methyl sites for hydroxylation is 2. The minimum atomic E-state index is 0.0354. The summed E-state index contributed by atoms with van der Waals surface area (Å²) in [5.41, 5.74) is 1.81. The average Bonchev–Trinajstić information content (AvgIpc) is 2.80. The number of nitrogens with zero attached hydrogens (tertiary/aromatic N) is 2. The third-order valence-corrected chi connectivity index (χ3v) is 5.38. The van der Waals surface area contributed by atoms with Crippen molar-refractivity contribution in [2.45, 2.75) is 19.9 Å². The fourth-order valence-electron chi connectivity index (χ4n) is 3.17. The molecule has 0 N–H and O–H groups in total. The maximum absolute atomic E-state index is 13.2. The number of hydrogen-bond acceptors (Lipinski definition) is 3. The van der Waals surface area contributed by atoms with Gasteiger partial charge in [-0.05, 0) is 42.4 Å². The number of amides is 1. The first-order valence-electron chi connectivity index (χ1n) is 7.79. The second-order valence-electron chi connectivity index (χ2n) is 6.09. The van der Waals surface area contributed by atoms with Gasteiger partial charge in [-0.25, -0.2) is 0 Å². The molecule has 0 saturated carbocycles. The van der Waals surface area contributed by atoms with Gasteiger partial charge in [-0.2, -0.15) is 0 Å². The molecule has 1 aromatic carbocycles. The van der Waals surface area contributed by atoms with Gasteiger partial charge in [0, 0.05) is 19.6 Å². The summed E-state index contributed by atoms with van der Waals surface area (Å²) in [6.45, 7) is 6.14. The Bertz CT molecular complexity index is 711. The molecule has 1 atom stereocenters. The number of furan rings is 1. The van der Waals surface area contributed by atoms with Gasteiger partial charge in [-0.1, -0.05) is 30.3 Å². The summed E-state index contributed by atoms with van der Waals surface area (Å²) in [6.07, 6.45) is 0. The summed E-state index contributed by atoms with van der Waals surface area (Å²) < 4.78 is 6.38. The number of hydrogen-bond donors (Lipinski definition) is 0. The van der Waals surface area contributed by atoms with Crippen molar-refractivity contribution in [3.8, 4) is 0 Å². The monoisotopic (exact) mass is 376 g/mol. The molecule has 1 unspecified atom stereocenters. The maximum Gasteiger partial charge on any atom is 0.259 e. The Morgan fingerprint density at radius 3 is 2.48 bits per heavy atom. The molecule has 0 spiro atoms. The van der Waals surface area contributed by atoms with E-state index in [1.807, 2.05) is 36.9 Å². The minimum absolute atomic E-state index is 0.0354. The zero-order valence-corrected chi connectivity index (χ0v) is 15.3. The van der Waals surface area contributed by atoms with Crippen LogP contribution in [0.2, 0.25) is 0 Å². The third kappa shape index (κ3) is 3.08. The Labute approximate surface area is 145 Å². The lowest BCUT2D eigenvalue weighted by molar-refractivity contribution is 0.0495. The van der Waals surface area contributed by atoms with E-state index in [9.17, 15) is 4.79 Å². The van der Waals surface area contributed by atoms with Crippen molar-refractivity contribution in [1.82, 2.24) is 9.80 Å². The van der Waals surface area contributed by atoms with Crippen LogP contribution in [0.4, 0.5) is 0 Å². The van der Waals surface area contributed by atoms with Crippen molar-refractivity contribution in [2.24, 2.45) is 0 Å². The second kappa shape index (κ2) is 6.49. The fourth-order valence-corrected chi connectivity index (χ4v) is 3.70. The van der Waals surface area contributed by atoms with Crippen LogP contribution in [0.5, 0.6) is 0 Å². The highest BCUT2D eigenvalue weighted by Crippen LogP contribution is 2.32. The SMILES string of the molecule is Cc1oc(C)c(C(=O)N2CCN(C)CC2c2ccccc2)c1Br. The van der Waals surface area contributed by atoms with E-state index in [2.05, 4.69) is 40.0 Å². The van der Waals surface area contributed by atoms with Crippen molar-refractivity contribution in [3.05, 3.63) is 57.5 Å². The molecule has 2 heterocycles. The Balaban J connectivity index is 1.97. The Morgan fingerprint density at radius 2 is 1.87 bits per heavy atom. The van der Waals surface area contributed by atoms with E-state index in [1.165, 1.54) is 5.56 Å². The second-order valence-corrected chi connectivity index (χ2v) is 6.88. The number of halogens is 1. The largest absolute Gasteiger partial charge is 0.465 e. The lowest BCUT2D eigenvalue weighted by atomic mass is 10.0. The first kappa shape index (κ1) is 16.3. The van der Waals surface area contributed by atoms with Gasteiger partial charge in [0.2, 0.25) is 0 Å². The van der Waals surface area contributed by atoms with Crippen LogP contribution in [0.15, 0.2) is 39.2 Å². The van der Waals surface area contributed by atoms with Crippen LogP contribution in [-0.4, -0.2) is 42.4 Å². The zero-order chi connectivity index (χ0) is 16.6. The summed E-state index contributed by atoms with van der Waals surface area (Å²) in [6, 6.07) is 10.3. The van der Waals surface area contributed by atoms with Crippen molar-refractivity contribution < 1.29 is 9.21 Å². The van der Waals surface area contributed by atoms with Crippen molar-refractivity contribution in [2.75, 3.05) is 26.7 Å². The number of carbonyl (C=O) groups is 1. The van der Waals surface area contributed by atoms with E-state index in [4.69, 9.17) is 4.42 Å². The predicted octanol–water partition coefficient (Wildman–Crippen LogP) is 3.79. The highest BCUT2D eigenvalue weighted by Gasteiger charge is 2.33. The van der Waals surface area contributed by atoms with Crippen LogP contribution in [-0.2, 0) is 0 Å². The number of piperazine rings is 1. The Kier molecular flexibility index (Phi) is 4.60. The third-order valence-electron chi connectivity index (χ3n) is 4.43. The average molecular weight is 377 g/mol. The van der Waals surface area contributed by atoms with Crippen LogP contribution >= 0.6 is 15.9 Å². The molecule has 23 heavy (non-hydrogen) atoms. The molecule has 0 radical (unpaired) electrons. The summed E-state index contributed by atoms with van der Waals surface area (Å²) in [5, 5.41) is 0. The Morgan fingerprint density at radius 1 is 1.17 bits per heavy atom. The number of benzene rings is 1. The van der Waals surface area contributed by atoms with E-state index >= 15 is 0 Å². The lowest BCUT2D eigenvalue weighted by Gasteiger charge is -2.40. The van der Waals surface area contributed by atoms with Crippen LogP contribution in [0.25, 0.3) is 0 Å². The lowest BCUT2D eigenvalue weighted by Crippen LogP contribution is -2.49. The highest BCUT2D eigenvalue weighted by molar-refractivity contribution is 9.10. The van der Waals surface area contributed by atoms with Crippen LogP contribution < -0.4 is 0 Å². The van der Waals surface area contributed by atoms with E-state index in [-0.39, 0.29) is 11.9 Å². The summed E-state index contributed by atoms with van der Waals surface area (Å²) in [5.74, 6) is 1.45. The molecule has 0 aliphatic carbocycles. The fraction of sp³-hybridized carbons (Fsp3) is 0.389. The molecular formula is C18H21BrN2O2. The normalized spacial score (nSPS) is 19.1. The molecule has 4 nitrogen and oxygen atoms in total. The number of likely N-dealkylation sites (N-methyl/N-ethyl adjacent to an activating group) is 1.